The summed E-state index contributed by atoms with van der Waals surface area (Å²) in [4.78, 5) is 41.5. The van der Waals surface area contributed by atoms with Gasteiger partial charge in [0.2, 0.25) is 5.95 Å². The fourth-order valence-electron chi connectivity index (χ4n) is 4.50. The molecule has 1 fully saturated rings. The van der Waals surface area contributed by atoms with Gasteiger partial charge in [-0.15, -0.1) is 0 Å². The number of hydrogen-bond acceptors (Lipinski definition) is 6. The van der Waals surface area contributed by atoms with Gasteiger partial charge in [0.25, 0.3) is 11.8 Å². The highest BCUT2D eigenvalue weighted by atomic mass is 16.2. The fraction of sp³-hybridized carbons (Fsp3) is 0.259. The molecule has 172 valence electrons. The van der Waals surface area contributed by atoms with Crippen molar-refractivity contribution in [3.8, 4) is 0 Å². The van der Waals surface area contributed by atoms with E-state index in [-0.39, 0.29) is 11.8 Å². The summed E-state index contributed by atoms with van der Waals surface area (Å²) in [5.41, 5.74) is 3.45. The second kappa shape index (κ2) is 9.09. The predicted molar refractivity (Wildman–Crippen MR) is 132 cm³/mol. The second-order valence-electron chi connectivity index (χ2n) is 8.80. The van der Waals surface area contributed by atoms with E-state index in [1.54, 1.807) is 18.5 Å². The summed E-state index contributed by atoms with van der Waals surface area (Å²) in [5, 5.41) is 0. The largest absolute Gasteiger partial charge is 0.363 e. The summed E-state index contributed by atoms with van der Waals surface area (Å²) >= 11 is 0. The van der Waals surface area contributed by atoms with Crippen LogP contribution in [0.3, 0.4) is 0 Å². The van der Waals surface area contributed by atoms with Crippen molar-refractivity contribution in [3.63, 3.8) is 0 Å². The monoisotopic (exact) mass is 453 g/mol. The number of carbonyl (C=O) groups excluding carboxylic acids is 2. The van der Waals surface area contributed by atoms with Crippen LogP contribution in [0.5, 0.6) is 0 Å². The normalized spacial score (nSPS) is 16.7. The average Bonchev–Trinajstić information content (AvgIpc) is 3.15. The Balaban J connectivity index is 1.47. The third-order valence-electron chi connectivity index (χ3n) is 6.37. The van der Waals surface area contributed by atoms with Crippen LogP contribution in [0.25, 0.3) is 5.57 Å². The zero-order valence-electron chi connectivity index (χ0n) is 19.4. The smallest absolute Gasteiger partial charge is 0.282 e. The topological polar surface area (TPSA) is 69.6 Å². The Morgan fingerprint density at radius 2 is 1.35 bits per heavy atom. The number of imide groups is 1. The summed E-state index contributed by atoms with van der Waals surface area (Å²) in [6.07, 6.45) is 3.46. The van der Waals surface area contributed by atoms with E-state index >= 15 is 0 Å². The molecule has 2 aliphatic heterocycles. The van der Waals surface area contributed by atoms with E-state index in [2.05, 4.69) is 28.7 Å². The highest BCUT2D eigenvalue weighted by Gasteiger charge is 2.43. The second-order valence-corrected chi connectivity index (χ2v) is 8.80. The standard InChI is InChI=1S/C27H27N5O2/c1-19(2)20-9-11-22(12-10-20)32-25(33)23(21-7-4-3-5-8-21)24(26(32)34)30-15-17-31(18-16-30)27-28-13-6-14-29-27/h3-14,19H,15-18H2,1-2H3. The lowest BCUT2D eigenvalue weighted by Crippen LogP contribution is -2.48. The van der Waals surface area contributed by atoms with Crippen LogP contribution in [-0.4, -0.2) is 52.9 Å². The molecule has 0 N–H and O–H groups in total. The van der Waals surface area contributed by atoms with E-state index in [0.717, 1.165) is 5.56 Å². The van der Waals surface area contributed by atoms with Crippen molar-refractivity contribution in [2.45, 2.75) is 19.8 Å². The molecule has 0 radical (unpaired) electrons. The molecule has 34 heavy (non-hydrogen) atoms. The van der Waals surface area contributed by atoms with Crippen LogP contribution < -0.4 is 9.80 Å². The molecule has 0 saturated carbocycles. The van der Waals surface area contributed by atoms with E-state index < -0.39 is 0 Å². The SMILES string of the molecule is CC(C)c1ccc(N2C(=O)C(c3ccccc3)=C(N3CCN(c4ncccn4)CC3)C2=O)cc1. The molecule has 2 aromatic carbocycles. The zero-order chi connectivity index (χ0) is 23.7. The molecule has 2 aliphatic rings. The molecule has 3 aromatic rings. The minimum Gasteiger partial charge on any atom is -0.363 e. The first-order valence-corrected chi connectivity index (χ1v) is 11.6. The molecule has 0 aliphatic carbocycles. The Kier molecular flexibility index (Phi) is 5.84. The Morgan fingerprint density at radius 3 is 1.97 bits per heavy atom. The summed E-state index contributed by atoms with van der Waals surface area (Å²) in [5.74, 6) is 0.500. The summed E-state index contributed by atoms with van der Waals surface area (Å²) in [6, 6.07) is 19.0. The van der Waals surface area contributed by atoms with Crippen molar-refractivity contribution >= 4 is 29.0 Å². The van der Waals surface area contributed by atoms with Crippen molar-refractivity contribution in [2.24, 2.45) is 0 Å². The number of amides is 2. The lowest BCUT2D eigenvalue weighted by atomic mass is 10.0. The summed E-state index contributed by atoms with van der Waals surface area (Å²) in [6.45, 7) is 6.77. The number of rotatable bonds is 5. The fourth-order valence-corrected chi connectivity index (χ4v) is 4.50. The minimum absolute atomic E-state index is 0.273. The van der Waals surface area contributed by atoms with Gasteiger partial charge in [-0.1, -0.05) is 56.3 Å². The van der Waals surface area contributed by atoms with Gasteiger partial charge in [0, 0.05) is 38.6 Å². The summed E-state index contributed by atoms with van der Waals surface area (Å²) in [7, 11) is 0. The van der Waals surface area contributed by atoms with E-state index in [9.17, 15) is 9.59 Å². The predicted octanol–water partition coefficient (Wildman–Crippen LogP) is 3.71. The van der Waals surface area contributed by atoms with E-state index in [1.807, 2.05) is 59.5 Å². The third kappa shape index (κ3) is 3.94. The first kappa shape index (κ1) is 21.8. The molecule has 1 saturated heterocycles. The van der Waals surface area contributed by atoms with Gasteiger partial charge < -0.3 is 9.80 Å². The van der Waals surface area contributed by atoms with E-state index in [4.69, 9.17) is 0 Å². The van der Waals surface area contributed by atoms with E-state index in [1.165, 1.54) is 10.5 Å². The zero-order valence-corrected chi connectivity index (χ0v) is 19.4. The molecule has 2 amide bonds. The van der Waals surface area contributed by atoms with Gasteiger partial charge in [0.15, 0.2) is 0 Å². The Morgan fingerprint density at radius 1 is 0.735 bits per heavy atom. The maximum Gasteiger partial charge on any atom is 0.282 e. The van der Waals surface area contributed by atoms with Crippen molar-refractivity contribution in [1.29, 1.82) is 0 Å². The molecule has 7 nitrogen and oxygen atoms in total. The number of carbonyl (C=O) groups is 2. The van der Waals surface area contributed by atoms with Crippen LogP contribution >= 0.6 is 0 Å². The Labute approximate surface area is 199 Å². The number of benzene rings is 2. The van der Waals surface area contributed by atoms with Crippen LogP contribution in [0.2, 0.25) is 0 Å². The quantitative estimate of drug-likeness (QED) is 0.549. The van der Waals surface area contributed by atoms with Gasteiger partial charge in [-0.3, -0.25) is 9.59 Å². The Hall–Kier alpha value is -4.00. The number of nitrogens with zero attached hydrogens (tertiary/aromatic N) is 5. The van der Waals surface area contributed by atoms with Gasteiger partial charge >= 0.3 is 0 Å². The highest BCUT2D eigenvalue weighted by molar-refractivity contribution is 6.45. The third-order valence-corrected chi connectivity index (χ3v) is 6.37. The maximum absolute atomic E-state index is 13.7. The molecule has 1 aromatic heterocycles. The van der Waals surface area contributed by atoms with Crippen molar-refractivity contribution in [2.75, 3.05) is 36.0 Å². The van der Waals surface area contributed by atoms with Crippen molar-refractivity contribution in [1.82, 2.24) is 14.9 Å². The number of anilines is 2. The van der Waals surface area contributed by atoms with Crippen LogP contribution in [0.4, 0.5) is 11.6 Å². The maximum atomic E-state index is 13.7. The molecular formula is C27H27N5O2. The van der Waals surface area contributed by atoms with Crippen LogP contribution in [0.1, 0.15) is 30.9 Å². The van der Waals surface area contributed by atoms with Crippen LogP contribution in [-0.2, 0) is 9.59 Å². The molecule has 5 rings (SSSR count). The molecule has 7 heteroatoms. The summed E-state index contributed by atoms with van der Waals surface area (Å²) < 4.78 is 0. The van der Waals surface area contributed by atoms with Gasteiger partial charge in [-0.2, -0.15) is 0 Å². The molecule has 0 spiro atoms. The molecule has 0 unspecified atom stereocenters. The minimum atomic E-state index is -0.280. The molecule has 3 heterocycles. The van der Waals surface area contributed by atoms with Gasteiger partial charge in [-0.05, 0) is 35.2 Å². The first-order valence-electron chi connectivity index (χ1n) is 11.6. The van der Waals surface area contributed by atoms with E-state index in [0.29, 0.717) is 55.0 Å². The molecule has 0 bridgehead atoms. The number of aromatic nitrogens is 2. The van der Waals surface area contributed by atoms with Crippen LogP contribution in [0, 0.1) is 0 Å². The van der Waals surface area contributed by atoms with Gasteiger partial charge in [0.1, 0.15) is 5.70 Å². The number of hydrogen-bond donors (Lipinski definition) is 0. The van der Waals surface area contributed by atoms with Gasteiger partial charge in [0.05, 0.1) is 11.3 Å². The van der Waals surface area contributed by atoms with Crippen molar-refractivity contribution in [3.05, 3.63) is 89.9 Å². The van der Waals surface area contributed by atoms with Gasteiger partial charge in [-0.25, -0.2) is 14.9 Å². The molecule has 0 atom stereocenters. The number of piperazine rings is 1. The van der Waals surface area contributed by atoms with Crippen LogP contribution in [0.15, 0.2) is 78.8 Å². The lowest BCUT2D eigenvalue weighted by Gasteiger charge is -2.36. The lowest BCUT2D eigenvalue weighted by molar-refractivity contribution is -0.120. The Bertz CT molecular complexity index is 1210. The first-order chi connectivity index (χ1) is 16.5. The van der Waals surface area contributed by atoms with Crippen molar-refractivity contribution < 1.29 is 9.59 Å². The molecular weight excluding hydrogens is 426 g/mol. The highest BCUT2D eigenvalue weighted by Crippen LogP contribution is 2.35. The average molecular weight is 454 g/mol.